The van der Waals surface area contributed by atoms with Gasteiger partial charge in [0.15, 0.2) is 0 Å². The van der Waals surface area contributed by atoms with Gasteiger partial charge in [0.25, 0.3) is 0 Å². The fraction of sp³-hybridized carbons (Fsp3) is 0.571. The van der Waals surface area contributed by atoms with Crippen LogP contribution in [-0.2, 0) is 11.8 Å². The number of phenolic OH excluding ortho intramolecular Hbond substituents is 1. The molecule has 0 amide bonds. The summed E-state index contributed by atoms with van der Waals surface area (Å²) in [5, 5.41) is 13.4. The number of rotatable bonds is 0. The molecule has 1 aliphatic heterocycles. The Morgan fingerprint density at radius 2 is 1.94 bits per heavy atom. The number of aromatic hydroxyl groups is 1. The zero-order valence-corrected chi connectivity index (χ0v) is 9.63. The van der Waals surface area contributed by atoms with E-state index in [1.54, 1.807) is 0 Å². The summed E-state index contributed by atoms with van der Waals surface area (Å²) in [6, 6.07) is 6.07. The van der Waals surface area contributed by atoms with Crippen molar-refractivity contribution < 1.29 is 5.11 Å². The van der Waals surface area contributed by atoms with E-state index >= 15 is 0 Å². The molecular formula is C14H19NO. The van der Waals surface area contributed by atoms with Gasteiger partial charge in [-0.2, -0.15) is 0 Å². The highest BCUT2D eigenvalue weighted by Crippen LogP contribution is 2.45. The topological polar surface area (TPSA) is 32.3 Å². The molecule has 0 saturated carbocycles. The molecule has 2 nitrogen and oxygen atoms in total. The quantitative estimate of drug-likeness (QED) is 0.699. The van der Waals surface area contributed by atoms with Crippen molar-refractivity contribution in [2.45, 2.75) is 37.5 Å². The molecule has 3 rings (SSSR count). The Labute approximate surface area is 96.7 Å². The number of nitrogens with one attached hydrogen (secondary N) is 1. The van der Waals surface area contributed by atoms with Crippen molar-refractivity contribution in [3.05, 3.63) is 29.3 Å². The normalized spacial score (nSPS) is 23.0. The lowest BCUT2D eigenvalue weighted by atomic mass is 9.65. The first-order valence-electron chi connectivity index (χ1n) is 6.34. The molecule has 1 heterocycles. The van der Waals surface area contributed by atoms with Crippen LogP contribution in [0.5, 0.6) is 5.75 Å². The van der Waals surface area contributed by atoms with Gasteiger partial charge in [0.05, 0.1) is 0 Å². The molecule has 1 spiro atoms. The van der Waals surface area contributed by atoms with Gasteiger partial charge < -0.3 is 10.4 Å². The molecule has 1 fully saturated rings. The lowest BCUT2D eigenvalue weighted by molar-refractivity contribution is 0.265. The van der Waals surface area contributed by atoms with E-state index in [9.17, 15) is 5.11 Å². The van der Waals surface area contributed by atoms with Gasteiger partial charge in [0.1, 0.15) is 5.75 Å². The zero-order chi connectivity index (χ0) is 11.0. The zero-order valence-electron chi connectivity index (χ0n) is 9.63. The van der Waals surface area contributed by atoms with E-state index in [4.69, 9.17) is 0 Å². The number of hydrogen-bond acceptors (Lipinski definition) is 2. The summed E-state index contributed by atoms with van der Waals surface area (Å²) < 4.78 is 0. The number of phenols is 1. The van der Waals surface area contributed by atoms with Crippen molar-refractivity contribution in [1.29, 1.82) is 0 Å². The van der Waals surface area contributed by atoms with E-state index < -0.39 is 0 Å². The first-order chi connectivity index (χ1) is 7.82. The molecule has 2 N–H and O–H groups in total. The summed E-state index contributed by atoms with van der Waals surface area (Å²) in [7, 11) is 0. The van der Waals surface area contributed by atoms with Gasteiger partial charge in [-0.25, -0.2) is 0 Å². The van der Waals surface area contributed by atoms with Gasteiger partial charge in [-0.05, 0) is 67.8 Å². The number of benzene rings is 1. The Morgan fingerprint density at radius 1 is 1.12 bits per heavy atom. The van der Waals surface area contributed by atoms with Gasteiger partial charge in [0.2, 0.25) is 0 Å². The molecular weight excluding hydrogens is 198 g/mol. The van der Waals surface area contributed by atoms with Crippen LogP contribution in [0.4, 0.5) is 0 Å². The third-order valence-corrected chi connectivity index (χ3v) is 4.37. The predicted molar refractivity (Wildman–Crippen MR) is 64.8 cm³/mol. The monoisotopic (exact) mass is 217 g/mol. The summed E-state index contributed by atoms with van der Waals surface area (Å²) in [6.07, 6.45) is 6.03. The standard InChI is InChI=1S/C14H19NO/c16-13-5-1-4-12-11(13)3-2-6-14(12)7-9-15-10-8-14/h1,4-5,15-16H,2-3,6-10H2. The average molecular weight is 217 g/mol. The first-order valence-corrected chi connectivity index (χ1v) is 6.34. The Hall–Kier alpha value is -1.02. The van der Waals surface area contributed by atoms with Gasteiger partial charge in [0, 0.05) is 0 Å². The van der Waals surface area contributed by atoms with E-state index in [-0.39, 0.29) is 0 Å². The largest absolute Gasteiger partial charge is 0.508 e. The van der Waals surface area contributed by atoms with E-state index in [2.05, 4.69) is 11.4 Å². The molecule has 86 valence electrons. The lowest BCUT2D eigenvalue weighted by Gasteiger charge is -2.42. The highest BCUT2D eigenvalue weighted by Gasteiger charge is 2.38. The fourth-order valence-electron chi connectivity index (χ4n) is 3.50. The van der Waals surface area contributed by atoms with Crippen molar-refractivity contribution in [2.75, 3.05) is 13.1 Å². The van der Waals surface area contributed by atoms with E-state index in [0.29, 0.717) is 11.2 Å². The van der Waals surface area contributed by atoms with Gasteiger partial charge in [-0.3, -0.25) is 0 Å². The maximum atomic E-state index is 9.95. The fourth-order valence-corrected chi connectivity index (χ4v) is 3.50. The molecule has 0 atom stereocenters. The smallest absolute Gasteiger partial charge is 0.119 e. The van der Waals surface area contributed by atoms with Crippen molar-refractivity contribution in [3.8, 4) is 5.75 Å². The number of piperidine rings is 1. The molecule has 0 bridgehead atoms. The first kappa shape index (κ1) is 10.2. The van der Waals surface area contributed by atoms with Crippen LogP contribution in [0.1, 0.15) is 36.8 Å². The molecule has 1 saturated heterocycles. The van der Waals surface area contributed by atoms with E-state index in [0.717, 1.165) is 19.5 Å². The van der Waals surface area contributed by atoms with E-state index in [1.165, 1.54) is 36.8 Å². The summed E-state index contributed by atoms with van der Waals surface area (Å²) in [5.74, 6) is 0.509. The van der Waals surface area contributed by atoms with Crippen LogP contribution in [0.25, 0.3) is 0 Å². The Kier molecular flexibility index (Phi) is 2.40. The Bertz CT molecular complexity index is 394. The molecule has 0 aromatic heterocycles. The molecule has 0 radical (unpaired) electrons. The molecule has 1 aliphatic carbocycles. The molecule has 2 heteroatoms. The maximum Gasteiger partial charge on any atom is 0.119 e. The average Bonchev–Trinajstić information content (AvgIpc) is 2.32. The van der Waals surface area contributed by atoms with E-state index in [1.807, 2.05) is 12.1 Å². The van der Waals surface area contributed by atoms with Crippen LogP contribution < -0.4 is 5.32 Å². The lowest BCUT2D eigenvalue weighted by Crippen LogP contribution is -2.42. The predicted octanol–water partition coefficient (Wildman–Crippen LogP) is 2.35. The van der Waals surface area contributed by atoms with Gasteiger partial charge >= 0.3 is 0 Å². The molecule has 1 aromatic carbocycles. The van der Waals surface area contributed by atoms with Gasteiger partial charge in [-0.1, -0.05) is 12.1 Å². The second kappa shape index (κ2) is 3.77. The minimum absolute atomic E-state index is 0.359. The van der Waals surface area contributed by atoms with Crippen LogP contribution in [0.15, 0.2) is 18.2 Å². The van der Waals surface area contributed by atoms with Crippen LogP contribution in [0.3, 0.4) is 0 Å². The van der Waals surface area contributed by atoms with Crippen molar-refractivity contribution in [3.63, 3.8) is 0 Å². The van der Waals surface area contributed by atoms with Crippen LogP contribution in [-0.4, -0.2) is 18.2 Å². The second-order valence-corrected chi connectivity index (χ2v) is 5.19. The minimum Gasteiger partial charge on any atom is -0.508 e. The third kappa shape index (κ3) is 1.44. The van der Waals surface area contributed by atoms with Crippen molar-refractivity contribution >= 4 is 0 Å². The molecule has 0 unspecified atom stereocenters. The molecule has 16 heavy (non-hydrogen) atoms. The van der Waals surface area contributed by atoms with Gasteiger partial charge in [-0.15, -0.1) is 0 Å². The number of hydrogen-bond donors (Lipinski definition) is 2. The minimum atomic E-state index is 0.359. The SMILES string of the molecule is Oc1cccc2c1CCCC21CCNCC1. The highest BCUT2D eigenvalue weighted by molar-refractivity contribution is 5.45. The summed E-state index contributed by atoms with van der Waals surface area (Å²) in [5.41, 5.74) is 3.01. The highest BCUT2D eigenvalue weighted by atomic mass is 16.3. The van der Waals surface area contributed by atoms with Crippen LogP contribution in [0, 0.1) is 0 Å². The summed E-state index contributed by atoms with van der Waals surface area (Å²) in [4.78, 5) is 0. The van der Waals surface area contributed by atoms with Crippen molar-refractivity contribution in [1.82, 2.24) is 5.32 Å². The van der Waals surface area contributed by atoms with Crippen LogP contribution >= 0.6 is 0 Å². The molecule has 2 aliphatic rings. The second-order valence-electron chi connectivity index (χ2n) is 5.19. The maximum absolute atomic E-state index is 9.95. The van der Waals surface area contributed by atoms with Crippen molar-refractivity contribution in [2.24, 2.45) is 0 Å². The van der Waals surface area contributed by atoms with Crippen LogP contribution in [0.2, 0.25) is 0 Å². The molecule has 1 aromatic rings. The summed E-state index contributed by atoms with van der Waals surface area (Å²) in [6.45, 7) is 2.24. The Morgan fingerprint density at radius 3 is 2.75 bits per heavy atom. The Balaban J connectivity index is 2.08. The number of fused-ring (bicyclic) bond motifs is 2. The third-order valence-electron chi connectivity index (χ3n) is 4.37. The summed E-state index contributed by atoms with van der Waals surface area (Å²) >= 11 is 0.